The van der Waals surface area contributed by atoms with Crippen LogP contribution in [-0.4, -0.2) is 37.5 Å². The first-order chi connectivity index (χ1) is 5.24. The smallest absolute Gasteiger partial charge is 0.308 e. The molecule has 0 saturated carbocycles. The van der Waals surface area contributed by atoms with Crippen molar-refractivity contribution in [1.82, 2.24) is 0 Å². The Hall–Kier alpha value is -0.610. The number of methoxy groups -OCH3 is 1. The van der Waals surface area contributed by atoms with Crippen LogP contribution in [0.1, 0.15) is 6.42 Å². The zero-order chi connectivity index (χ0) is 8.27. The van der Waals surface area contributed by atoms with E-state index in [9.17, 15) is 4.79 Å². The maximum Gasteiger partial charge on any atom is 0.308 e. The number of hydrogen-bond acceptors (Lipinski definition) is 3. The Morgan fingerprint density at radius 2 is 2.36 bits per heavy atom. The Balaban J connectivity index is 2.39. The van der Waals surface area contributed by atoms with E-state index in [4.69, 9.17) is 14.6 Å². The summed E-state index contributed by atoms with van der Waals surface area (Å²) in [5, 5.41) is 8.62. The molecular weight excluding hydrogens is 148 g/mol. The van der Waals surface area contributed by atoms with Gasteiger partial charge in [0.1, 0.15) is 0 Å². The fourth-order valence-electron chi connectivity index (χ4n) is 1.13. The molecule has 1 rings (SSSR count). The molecule has 4 heteroatoms. The Morgan fingerprint density at radius 3 is 2.91 bits per heavy atom. The lowest BCUT2D eigenvalue weighted by Gasteiger charge is -2.25. The van der Waals surface area contributed by atoms with E-state index in [0.29, 0.717) is 19.6 Å². The molecule has 1 aliphatic rings. The third-order valence-corrected chi connectivity index (χ3v) is 1.85. The molecule has 2 atom stereocenters. The van der Waals surface area contributed by atoms with Crippen molar-refractivity contribution in [2.75, 3.05) is 20.3 Å². The third-order valence-electron chi connectivity index (χ3n) is 1.85. The standard InChI is InChI=1S/C7H12O4/c1-10-6-2-5(7(8)9)3-11-4-6/h5-6H,2-4H2,1H3,(H,8,9)/t5-,6-/m1/s1. The van der Waals surface area contributed by atoms with Gasteiger partial charge in [-0.2, -0.15) is 0 Å². The van der Waals surface area contributed by atoms with Crippen molar-refractivity contribution in [1.29, 1.82) is 0 Å². The van der Waals surface area contributed by atoms with Crippen molar-refractivity contribution in [2.24, 2.45) is 5.92 Å². The Bertz CT molecular complexity index is 145. The van der Waals surface area contributed by atoms with Gasteiger partial charge in [0.2, 0.25) is 0 Å². The summed E-state index contributed by atoms with van der Waals surface area (Å²) in [7, 11) is 1.57. The summed E-state index contributed by atoms with van der Waals surface area (Å²) in [4.78, 5) is 10.5. The molecule has 4 nitrogen and oxygen atoms in total. The summed E-state index contributed by atoms with van der Waals surface area (Å²) >= 11 is 0. The van der Waals surface area contributed by atoms with E-state index in [1.54, 1.807) is 7.11 Å². The molecule has 1 aliphatic heterocycles. The van der Waals surface area contributed by atoms with Crippen LogP contribution in [0.4, 0.5) is 0 Å². The first kappa shape index (κ1) is 8.49. The van der Waals surface area contributed by atoms with E-state index in [1.165, 1.54) is 0 Å². The molecule has 0 aromatic rings. The van der Waals surface area contributed by atoms with Crippen LogP contribution in [0.25, 0.3) is 0 Å². The molecule has 1 fully saturated rings. The van der Waals surface area contributed by atoms with Gasteiger partial charge < -0.3 is 14.6 Å². The van der Waals surface area contributed by atoms with Crippen molar-refractivity contribution in [3.63, 3.8) is 0 Å². The van der Waals surface area contributed by atoms with E-state index in [-0.39, 0.29) is 6.10 Å². The summed E-state index contributed by atoms with van der Waals surface area (Å²) in [6.45, 7) is 0.829. The lowest BCUT2D eigenvalue weighted by atomic mass is 10.0. The van der Waals surface area contributed by atoms with Crippen molar-refractivity contribution < 1.29 is 19.4 Å². The molecule has 0 aromatic heterocycles. The molecule has 0 aromatic carbocycles. The minimum Gasteiger partial charge on any atom is -0.481 e. The monoisotopic (exact) mass is 160 g/mol. The summed E-state index contributed by atoms with van der Waals surface area (Å²) in [5.74, 6) is -1.19. The van der Waals surface area contributed by atoms with Crippen molar-refractivity contribution >= 4 is 5.97 Å². The minimum atomic E-state index is -0.799. The van der Waals surface area contributed by atoms with Gasteiger partial charge in [-0.25, -0.2) is 0 Å². The van der Waals surface area contributed by atoms with Crippen molar-refractivity contribution in [3.05, 3.63) is 0 Å². The largest absolute Gasteiger partial charge is 0.481 e. The molecule has 1 heterocycles. The summed E-state index contributed by atoms with van der Waals surface area (Å²) in [6.07, 6.45) is 0.510. The zero-order valence-electron chi connectivity index (χ0n) is 6.45. The van der Waals surface area contributed by atoms with E-state index < -0.39 is 11.9 Å². The molecule has 0 unspecified atom stereocenters. The van der Waals surface area contributed by atoms with Crippen molar-refractivity contribution in [2.45, 2.75) is 12.5 Å². The van der Waals surface area contributed by atoms with Gasteiger partial charge in [0.15, 0.2) is 0 Å². The van der Waals surface area contributed by atoms with Crippen LogP contribution in [0.15, 0.2) is 0 Å². The van der Waals surface area contributed by atoms with Crippen LogP contribution in [0, 0.1) is 5.92 Å². The highest BCUT2D eigenvalue weighted by Crippen LogP contribution is 2.15. The number of aliphatic carboxylic acids is 1. The lowest BCUT2D eigenvalue weighted by molar-refractivity contribution is -0.150. The number of carboxylic acid groups (broad SMARTS) is 1. The maximum absolute atomic E-state index is 10.5. The Morgan fingerprint density at radius 1 is 1.64 bits per heavy atom. The predicted molar refractivity (Wildman–Crippen MR) is 37.4 cm³/mol. The molecule has 1 N–H and O–H groups in total. The number of ether oxygens (including phenoxy) is 2. The number of hydrogen-bond donors (Lipinski definition) is 1. The van der Waals surface area contributed by atoms with Crippen LogP contribution in [0.2, 0.25) is 0 Å². The fourth-order valence-corrected chi connectivity index (χ4v) is 1.13. The highest BCUT2D eigenvalue weighted by molar-refractivity contribution is 5.70. The highest BCUT2D eigenvalue weighted by Gasteiger charge is 2.27. The van der Waals surface area contributed by atoms with Gasteiger partial charge in [-0.3, -0.25) is 4.79 Å². The molecule has 0 spiro atoms. The van der Waals surface area contributed by atoms with E-state index in [2.05, 4.69) is 0 Å². The van der Waals surface area contributed by atoms with Crippen LogP contribution in [0.3, 0.4) is 0 Å². The molecule has 11 heavy (non-hydrogen) atoms. The third kappa shape index (κ3) is 2.17. The second-order valence-corrected chi connectivity index (χ2v) is 2.67. The molecule has 0 aliphatic carbocycles. The lowest BCUT2D eigenvalue weighted by Crippen LogP contribution is -2.34. The molecule has 1 saturated heterocycles. The van der Waals surface area contributed by atoms with Gasteiger partial charge in [-0.05, 0) is 6.42 Å². The van der Waals surface area contributed by atoms with Crippen molar-refractivity contribution in [3.8, 4) is 0 Å². The average molecular weight is 160 g/mol. The molecular formula is C7H12O4. The van der Waals surface area contributed by atoms with Crippen LogP contribution in [0.5, 0.6) is 0 Å². The normalized spacial score (nSPS) is 31.7. The Kier molecular flexibility index (Phi) is 2.84. The highest BCUT2D eigenvalue weighted by atomic mass is 16.5. The summed E-state index contributed by atoms with van der Waals surface area (Å²) in [6, 6.07) is 0. The Labute approximate surface area is 65.1 Å². The van der Waals surface area contributed by atoms with Crippen LogP contribution < -0.4 is 0 Å². The average Bonchev–Trinajstić information content (AvgIpc) is 2.05. The van der Waals surface area contributed by atoms with Gasteiger partial charge in [0, 0.05) is 7.11 Å². The zero-order valence-corrected chi connectivity index (χ0v) is 6.45. The minimum absolute atomic E-state index is 0.0511. The van der Waals surface area contributed by atoms with Crippen LogP contribution in [-0.2, 0) is 14.3 Å². The summed E-state index contributed by atoms with van der Waals surface area (Å²) in [5.41, 5.74) is 0. The first-order valence-corrected chi connectivity index (χ1v) is 3.57. The van der Waals surface area contributed by atoms with Crippen LogP contribution >= 0.6 is 0 Å². The molecule has 64 valence electrons. The molecule has 0 radical (unpaired) electrons. The second-order valence-electron chi connectivity index (χ2n) is 2.67. The van der Waals surface area contributed by atoms with Gasteiger partial charge in [0.05, 0.1) is 25.2 Å². The SMILES string of the molecule is CO[C@H]1COC[C@H](C(=O)O)C1. The molecule has 0 amide bonds. The van der Waals surface area contributed by atoms with Gasteiger partial charge >= 0.3 is 5.97 Å². The number of rotatable bonds is 2. The predicted octanol–water partition coefficient (Wildman–Crippen LogP) is 0.122. The molecule has 0 bridgehead atoms. The van der Waals surface area contributed by atoms with E-state index in [0.717, 1.165) is 0 Å². The summed E-state index contributed by atoms with van der Waals surface area (Å²) < 4.78 is 10.0. The van der Waals surface area contributed by atoms with E-state index in [1.807, 2.05) is 0 Å². The fraction of sp³-hybridized carbons (Fsp3) is 0.857. The van der Waals surface area contributed by atoms with E-state index >= 15 is 0 Å². The van der Waals surface area contributed by atoms with Gasteiger partial charge in [-0.15, -0.1) is 0 Å². The maximum atomic E-state index is 10.5. The van der Waals surface area contributed by atoms with Gasteiger partial charge in [0.25, 0.3) is 0 Å². The second kappa shape index (κ2) is 3.69. The first-order valence-electron chi connectivity index (χ1n) is 3.57. The number of carboxylic acids is 1. The topological polar surface area (TPSA) is 55.8 Å². The van der Waals surface area contributed by atoms with Gasteiger partial charge in [-0.1, -0.05) is 0 Å². The number of carbonyl (C=O) groups is 1. The quantitative estimate of drug-likeness (QED) is 0.623.